The van der Waals surface area contributed by atoms with E-state index in [9.17, 15) is 9.59 Å². The van der Waals surface area contributed by atoms with Crippen LogP contribution in [0.5, 0.6) is 0 Å². The number of hydrogen-bond donors (Lipinski definition) is 1. The predicted molar refractivity (Wildman–Crippen MR) is 67.3 cm³/mol. The Morgan fingerprint density at radius 1 is 1.33 bits per heavy atom. The molecule has 5 nitrogen and oxygen atoms in total. The third-order valence-corrected chi connectivity index (χ3v) is 3.72. The predicted octanol–water partition coefficient (Wildman–Crippen LogP) is 1.78. The van der Waals surface area contributed by atoms with Crippen molar-refractivity contribution in [3.8, 4) is 0 Å². The Bertz CT molecular complexity index is 328. The lowest BCUT2D eigenvalue weighted by atomic mass is 10.2. The van der Waals surface area contributed by atoms with Gasteiger partial charge in [-0.05, 0) is 38.0 Å². The summed E-state index contributed by atoms with van der Waals surface area (Å²) in [6, 6.07) is -0.690. The van der Waals surface area contributed by atoms with E-state index in [0.29, 0.717) is 18.9 Å². The number of carbonyl (C=O) groups excluding carboxylic acids is 1. The number of amides is 2. The first kappa shape index (κ1) is 13.2. The smallest absolute Gasteiger partial charge is 0.326 e. The average Bonchev–Trinajstić information content (AvgIpc) is 3.01. The van der Waals surface area contributed by atoms with Crippen molar-refractivity contribution < 1.29 is 14.7 Å². The molecule has 0 aromatic carbocycles. The van der Waals surface area contributed by atoms with Crippen molar-refractivity contribution in [3.05, 3.63) is 0 Å². The van der Waals surface area contributed by atoms with E-state index in [1.54, 1.807) is 4.90 Å². The summed E-state index contributed by atoms with van der Waals surface area (Å²) in [6.45, 7) is 4.17. The zero-order chi connectivity index (χ0) is 13.1. The Labute approximate surface area is 108 Å². The molecule has 1 heterocycles. The molecule has 1 atom stereocenters. The molecule has 18 heavy (non-hydrogen) atoms. The second kappa shape index (κ2) is 5.59. The summed E-state index contributed by atoms with van der Waals surface area (Å²) >= 11 is 0. The quantitative estimate of drug-likeness (QED) is 0.813. The maximum absolute atomic E-state index is 12.4. The minimum Gasteiger partial charge on any atom is -0.480 e. The highest BCUT2D eigenvalue weighted by Crippen LogP contribution is 2.30. The van der Waals surface area contributed by atoms with E-state index in [-0.39, 0.29) is 6.03 Å². The first-order valence-electron chi connectivity index (χ1n) is 6.91. The van der Waals surface area contributed by atoms with Gasteiger partial charge in [-0.25, -0.2) is 9.59 Å². The molecule has 0 radical (unpaired) electrons. The third-order valence-electron chi connectivity index (χ3n) is 3.72. The van der Waals surface area contributed by atoms with Crippen molar-refractivity contribution in [2.75, 3.05) is 19.6 Å². The summed E-state index contributed by atoms with van der Waals surface area (Å²) in [5, 5.41) is 9.13. The Balaban J connectivity index is 1.99. The lowest BCUT2D eigenvalue weighted by molar-refractivity contribution is -0.141. The molecule has 1 N–H and O–H groups in total. The molecule has 0 unspecified atom stereocenters. The number of urea groups is 1. The third kappa shape index (κ3) is 2.94. The van der Waals surface area contributed by atoms with Crippen LogP contribution < -0.4 is 0 Å². The molecule has 2 amide bonds. The first-order chi connectivity index (χ1) is 8.63. The van der Waals surface area contributed by atoms with Crippen LogP contribution in [-0.4, -0.2) is 52.6 Å². The average molecular weight is 254 g/mol. The van der Waals surface area contributed by atoms with Crippen molar-refractivity contribution >= 4 is 12.0 Å². The Kier molecular flexibility index (Phi) is 4.09. The molecule has 2 rings (SSSR count). The Morgan fingerprint density at radius 2 is 2.06 bits per heavy atom. The molecule has 5 heteroatoms. The fourth-order valence-corrected chi connectivity index (χ4v) is 2.58. The van der Waals surface area contributed by atoms with Gasteiger partial charge in [0.1, 0.15) is 6.04 Å². The normalized spacial score (nSPS) is 23.2. The zero-order valence-corrected chi connectivity index (χ0v) is 11.0. The summed E-state index contributed by atoms with van der Waals surface area (Å²) in [6.07, 6.45) is 4.71. The molecule has 1 saturated carbocycles. The number of carbonyl (C=O) groups is 2. The van der Waals surface area contributed by atoms with Crippen molar-refractivity contribution in [1.29, 1.82) is 0 Å². The van der Waals surface area contributed by atoms with Gasteiger partial charge in [0.25, 0.3) is 0 Å². The maximum atomic E-state index is 12.4. The van der Waals surface area contributed by atoms with Gasteiger partial charge in [0.2, 0.25) is 0 Å². The monoisotopic (exact) mass is 254 g/mol. The zero-order valence-electron chi connectivity index (χ0n) is 11.0. The first-order valence-corrected chi connectivity index (χ1v) is 6.91. The van der Waals surface area contributed by atoms with Crippen LogP contribution in [-0.2, 0) is 4.79 Å². The van der Waals surface area contributed by atoms with Crippen LogP contribution >= 0.6 is 0 Å². The molecule has 2 aliphatic rings. The lowest BCUT2D eigenvalue weighted by Gasteiger charge is -2.30. The highest BCUT2D eigenvalue weighted by atomic mass is 16.4. The molecular weight excluding hydrogens is 232 g/mol. The topological polar surface area (TPSA) is 60.9 Å². The summed E-state index contributed by atoms with van der Waals surface area (Å²) in [7, 11) is 0. The summed E-state index contributed by atoms with van der Waals surface area (Å²) < 4.78 is 0. The highest BCUT2D eigenvalue weighted by molar-refractivity contribution is 5.83. The van der Waals surface area contributed by atoms with E-state index in [1.807, 2.05) is 11.8 Å². The minimum absolute atomic E-state index is 0.0753. The Hall–Kier alpha value is -1.26. The lowest BCUT2D eigenvalue weighted by Crippen LogP contribution is -2.48. The van der Waals surface area contributed by atoms with Gasteiger partial charge in [-0.1, -0.05) is 6.92 Å². The molecule has 0 bridgehead atoms. The van der Waals surface area contributed by atoms with Gasteiger partial charge in [-0.3, -0.25) is 0 Å². The van der Waals surface area contributed by atoms with Crippen molar-refractivity contribution in [2.24, 2.45) is 5.92 Å². The maximum Gasteiger partial charge on any atom is 0.326 e. The highest BCUT2D eigenvalue weighted by Gasteiger charge is 2.37. The van der Waals surface area contributed by atoms with Gasteiger partial charge in [0.15, 0.2) is 0 Å². The largest absolute Gasteiger partial charge is 0.480 e. The molecule has 1 aliphatic heterocycles. The molecular formula is C13H22N2O3. The number of hydrogen-bond acceptors (Lipinski definition) is 2. The van der Waals surface area contributed by atoms with Gasteiger partial charge < -0.3 is 14.9 Å². The molecule has 0 aromatic heterocycles. The van der Waals surface area contributed by atoms with Crippen LogP contribution in [0.3, 0.4) is 0 Å². The van der Waals surface area contributed by atoms with Crippen LogP contribution in [0.4, 0.5) is 4.79 Å². The van der Waals surface area contributed by atoms with Crippen LogP contribution in [0.25, 0.3) is 0 Å². The molecule has 0 spiro atoms. The van der Waals surface area contributed by atoms with Crippen molar-refractivity contribution in [1.82, 2.24) is 9.80 Å². The molecule has 2 fully saturated rings. The Morgan fingerprint density at radius 3 is 2.61 bits per heavy atom. The van der Waals surface area contributed by atoms with Gasteiger partial charge in [-0.15, -0.1) is 0 Å². The van der Waals surface area contributed by atoms with Gasteiger partial charge in [-0.2, -0.15) is 0 Å². The number of carboxylic acid groups (broad SMARTS) is 1. The van der Waals surface area contributed by atoms with E-state index in [2.05, 4.69) is 0 Å². The molecule has 1 saturated heterocycles. The van der Waals surface area contributed by atoms with Crippen LogP contribution in [0, 0.1) is 5.92 Å². The second-order valence-electron chi connectivity index (χ2n) is 5.36. The SMILES string of the molecule is CCCN(CC1CC1)C(=O)N1CCC[C@H]1C(=O)O. The van der Waals surface area contributed by atoms with Gasteiger partial charge >= 0.3 is 12.0 Å². The molecule has 0 aromatic rings. The van der Waals surface area contributed by atoms with Crippen LogP contribution in [0.2, 0.25) is 0 Å². The van der Waals surface area contributed by atoms with Crippen molar-refractivity contribution in [3.63, 3.8) is 0 Å². The molecule has 1 aliphatic carbocycles. The van der Waals surface area contributed by atoms with E-state index in [0.717, 1.165) is 25.9 Å². The minimum atomic E-state index is -0.872. The summed E-state index contributed by atoms with van der Waals surface area (Å²) in [4.78, 5) is 26.9. The number of nitrogens with zero attached hydrogens (tertiary/aromatic N) is 2. The number of rotatable bonds is 5. The van der Waals surface area contributed by atoms with Gasteiger partial charge in [0, 0.05) is 19.6 Å². The van der Waals surface area contributed by atoms with E-state index in [1.165, 1.54) is 12.8 Å². The van der Waals surface area contributed by atoms with E-state index in [4.69, 9.17) is 5.11 Å². The fraction of sp³-hybridized carbons (Fsp3) is 0.846. The second-order valence-corrected chi connectivity index (χ2v) is 5.36. The molecule has 102 valence electrons. The van der Waals surface area contributed by atoms with Crippen LogP contribution in [0.15, 0.2) is 0 Å². The fourth-order valence-electron chi connectivity index (χ4n) is 2.58. The summed E-state index contributed by atoms with van der Waals surface area (Å²) in [5.41, 5.74) is 0. The van der Waals surface area contributed by atoms with E-state index >= 15 is 0 Å². The summed E-state index contributed by atoms with van der Waals surface area (Å²) in [5.74, 6) is -0.227. The van der Waals surface area contributed by atoms with E-state index < -0.39 is 12.0 Å². The standard InChI is InChI=1S/C13H22N2O3/c1-2-7-14(9-10-5-6-10)13(18)15-8-3-4-11(15)12(16)17/h10-11H,2-9H2,1H3,(H,16,17)/t11-/m0/s1. The van der Waals surface area contributed by atoms with Crippen molar-refractivity contribution in [2.45, 2.75) is 45.1 Å². The number of carboxylic acids is 1. The number of likely N-dealkylation sites (tertiary alicyclic amines) is 1. The van der Waals surface area contributed by atoms with Crippen LogP contribution in [0.1, 0.15) is 39.0 Å². The van der Waals surface area contributed by atoms with Gasteiger partial charge in [0.05, 0.1) is 0 Å². The number of aliphatic carboxylic acids is 1.